The van der Waals surface area contributed by atoms with Gasteiger partial charge in [-0.1, -0.05) is 12.1 Å². The van der Waals surface area contributed by atoms with Gasteiger partial charge in [0.2, 0.25) is 0 Å². The molecule has 7 heteroatoms. The van der Waals surface area contributed by atoms with Crippen molar-refractivity contribution in [2.75, 3.05) is 13.7 Å². The number of hydrogen-bond donors (Lipinski definition) is 1. The van der Waals surface area contributed by atoms with Crippen LogP contribution in [0, 0.1) is 24.1 Å². The Labute approximate surface area is 172 Å². The van der Waals surface area contributed by atoms with Crippen molar-refractivity contribution in [2.45, 2.75) is 19.6 Å². The summed E-state index contributed by atoms with van der Waals surface area (Å²) in [5.41, 5.74) is 4.27. The molecule has 1 aliphatic heterocycles. The highest BCUT2D eigenvalue weighted by molar-refractivity contribution is 5.92. The second-order valence-electron chi connectivity index (χ2n) is 7.29. The topological polar surface area (TPSA) is 75.9 Å². The van der Waals surface area contributed by atoms with Crippen molar-refractivity contribution in [3.05, 3.63) is 70.9 Å². The average Bonchev–Trinajstić information content (AvgIpc) is 3.38. The molecule has 30 heavy (non-hydrogen) atoms. The van der Waals surface area contributed by atoms with E-state index in [-0.39, 0.29) is 5.82 Å². The van der Waals surface area contributed by atoms with Gasteiger partial charge in [-0.15, -0.1) is 0 Å². The Morgan fingerprint density at radius 1 is 1.33 bits per heavy atom. The van der Waals surface area contributed by atoms with E-state index in [0.717, 1.165) is 33.7 Å². The molecule has 5 rings (SSSR count). The molecule has 0 radical (unpaired) electrons. The molecule has 1 atom stereocenters. The minimum absolute atomic E-state index is 0.254. The molecule has 0 spiro atoms. The van der Waals surface area contributed by atoms with Crippen molar-refractivity contribution in [2.24, 2.45) is 0 Å². The zero-order valence-electron chi connectivity index (χ0n) is 16.6. The number of H-pyrrole nitrogens is 1. The van der Waals surface area contributed by atoms with Crippen LogP contribution in [0.25, 0.3) is 22.3 Å². The van der Waals surface area contributed by atoms with E-state index in [2.05, 4.69) is 15.6 Å². The van der Waals surface area contributed by atoms with E-state index in [4.69, 9.17) is 14.5 Å². The van der Waals surface area contributed by atoms with Gasteiger partial charge in [0.25, 0.3) is 0 Å². The number of imidazole rings is 1. The summed E-state index contributed by atoms with van der Waals surface area (Å²) in [7, 11) is 1.56. The van der Waals surface area contributed by atoms with Crippen molar-refractivity contribution in [3.8, 4) is 23.2 Å². The third kappa shape index (κ3) is 2.77. The first kappa shape index (κ1) is 18.4. The molecule has 2 aromatic carbocycles. The lowest BCUT2D eigenvalue weighted by atomic mass is 10.0. The highest BCUT2D eigenvalue weighted by Gasteiger charge is 2.28. The van der Waals surface area contributed by atoms with Gasteiger partial charge >= 0.3 is 0 Å². The number of nitriles is 1. The average molecular weight is 402 g/mol. The molecular formula is C23H19FN4O2. The Balaban J connectivity index is 1.61. The molecule has 1 aliphatic rings. The van der Waals surface area contributed by atoms with Crippen LogP contribution >= 0.6 is 0 Å². The first-order valence-electron chi connectivity index (χ1n) is 9.64. The largest absolute Gasteiger partial charge is 0.495 e. The van der Waals surface area contributed by atoms with Gasteiger partial charge in [0.05, 0.1) is 25.0 Å². The fraction of sp³-hybridized carbons (Fsp3) is 0.217. The zero-order valence-corrected chi connectivity index (χ0v) is 16.6. The maximum Gasteiger partial charge on any atom is 0.146 e. The molecule has 1 N–H and O–H groups in total. The number of ether oxygens (including phenoxy) is 2. The van der Waals surface area contributed by atoms with Gasteiger partial charge < -0.3 is 19.0 Å². The number of fused-ring (bicyclic) bond motifs is 2. The minimum Gasteiger partial charge on any atom is -0.495 e. The SMILES string of the molecule is COc1c(C#N)ccc2[nH]c(-c3cn4c(n3)[C@H](c3cccc(F)c3C)OCC4)cc12. The second kappa shape index (κ2) is 7.01. The van der Waals surface area contributed by atoms with Gasteiger partial charge in [0.1, 0.15) is 35.3 Å². The standard InChI is InChI=1S/C23H19FN4O2/c1-13-15(4-3-5-17(13)24)22-23-27-20(12-28(23)8-9-30-22)19-10-16-18(26-19)7-6-14(11-25)21(16)29-2/h3-7,10,12,22,26H,8-9H2,1-2H3/t22-/m0/s1. The van der Waals surface area contributed by atoms with Crippen LogP contribution in [0.3, 0.4) is 0 Å². The van der Waals surface area contributed by atoms with Crippen LogP contribution in [0.1, 0.15) is 28.6 Å². The molecule has 3 heterocycles. The summed E-state index contributed by atoms with van der Waals surface area (Å²) >= 11 is 0. The van der Waals surface area contributed by atoms with Gasteiger partial charge in [0.15, 0.2) is 0 Å². The molecule has 0 amide bonds. The molecule has 0 saturated heterocycles. The smallest absolute Gasteiger partial charge is 0.146 e. The van der Waals surface area contributed by atoms with Gasteiger partial charge in [-0.25, -0.2) is 9.37 Å². The molecule has 0 saturated carbocycles. The highest BCUT2D eigenvalue weighted by atomic mass is 19.1. The summed E-state index contributed by atoms with van der Waals surface area (Å²) < 4.78 is 27.6. The van der Waals surface area contributed by atoms with Crippen LogP contribution in [-0.4, -0.2) is 28.3 Å². The summed E-state index contributed by atoms with van der Waals surface area (Å²) in [5.74, 6) is 1.03. The quantitative estimate of drug-likeness (QED) is 0.548. The van der Waals surface area contributed by atoms with Crippen LogP contribution in [0.5, 0.6) is 5.75 Å². The number of aromatic nitrogens is 3. The lowest BCUT2D eigenvalue weighted by molar-refractivity contribution is 0.0424. The van der Waals surface area contributed by atoms with E-state index < -0.39 is 6.10 Å². The van der Waals surface area contributed by atoms with Crippen LogP contribution < -0.4 is 4.74 Å². The summed E-state index contributed by atoms with van der Waals surface area (Å²) in [6.07, 6.45) is 1.55. The molecular weight excluding hydrogens is 383 g/mol. The Kier molecular flexibility index (Phi) is 4.30. The predicted molar refractivity (Wildman–Crippen MR) is 110 cm³/mol. The number of halogens is 1. The van der Waals surface area contributed by atoms with Gasteiger partial charge in [-0.05, 0) is 42.3 Å². The number of hydrogen-bond acceptors (Lipinski definition) is 4. The number of rotatable bonds is 3. The van der Waals surface area contributed by atoms with E-state index in [1.54, 1.807) is 26.2 Å². The Bertz CT molecular complexity index is 1310. The molecule has 0 unspecified atom stereocenters. The second-order valence-corrected chi connectivity index (χ2v) is 7.29. The van der Waals surface area contributed by atoms with Crippen LogP contribution in [0.15, 0.2) is 42.6 Å². The Morgan fingerprint density at radius 2 is 2.20 bits per heavy atom. The Morgan fingerprint density at radius 3 is 3.00 bits per heavy atom. The summed E-state index contributed by atoms with van der Waals surface area (Å²) in [6.45, 7) is 2.96. The third-order valence-corrected chi connectivity index (χ3v) is 5.61. The van der Waals surface area contributed by atoms with Crippen LogP contribution in [0.2, 0.25) is 0 Å². The van der Waals surface area contributed by atoms with E-state index in [9.17, 15) is 9.65 Å². The van der Waals surface area contributed by atoms with Crippen LogP contribution in [-0.2, 0) is 11.3 Å². The van der Waals surface area contributed by atoms with Gasteiger partial charge in [0, 0.05) is 23.6 Å². The number of nitrogens with one attached hydrogen (secondary N) is 1. The van der Waals surface area contributed by atoms with Crippen molar-refractivity contribution in [3.63, 3.8) is 0 Å². The fourth-order valence-electron chi connectivity index (χ4n) is 4.05. The van der Waals surface area contributed by atoms with E-state index in [1.165, 1.54) is 6.07 Å². The normalized spacial score (nSPS) is 15.7. The highest BCUT2D eigenvalue weighted by Crippen LogP contribution is 2.36. The van der Waals surface area contributed by atoms with Gasteiger partial charge in [-0.3, -0.25) is 0 Å². The monoisotopic (exact) mass is 402 g/mol. The molecule has 6 nitrogen and oxygen atoms in total. The van der Waals surface area contributed by atoms with Gasteiger partial charge in [-0.2, -0.15) is 5.26 Å². The first-order valence-corrected chi connectivity index (χ1v) is 9.64. The zero-order chi connectivity index (χ0) is 20.8. The summed E-state index contributed by atoms with van der Waals surface area (Å²) in [5, 5.41) is 10.2. The van der Waals surface area contributed by atoms with Crippen molar-refractivity contribution in [1.29, 1.82) is 5.26 Å². The third-order valence-electron chi connectivity index (χ3n) is 5.61. The first-order chi connectivity index (χ1) is 14.6. The predicted octanol–water partition coefficient (Wildman–Crippen LogP) is 4.48. The number of nitrogens with zero attached hydrogens (tertiary/aromatic N) is 3. The Hall–Kier alpha value is -3.63. The summed E-state index contributed by atoms with van der Waals surface area (Å²) in [6, 6.07) is 12.7. The van der Waals surface area contributed by atoms with E-state index in [1.807, 2.05) is 24.4 Å². The maximum absolute atomic E-state index is 14.1. The molecule has 2 aromatic heterocycles. The molecule has 0 aliphatic carbocycles. The number of benzene rings is 2. The van der Waals surface area contributed by atoms with Crippen molar-refractivity contribution in [1.82, 2.24) is 14.5 Å². The van der Waals surface area contributed by atoms with Crippen LogP contribution in [0.4, 0.5) is 4.39 Å². The molecule has 150 valence electrons. The number of aromatic amines is 1. The van der Waals surface area contributed by atoms with Crippen molar-refractivity contribution >= 4 is 10.9 Å². The molecule has 0 bridgehead atoms. The lowest BCUT2D eigenvalue weighted by Gasteiger charge is -2.25. The van der Waals surface area contributed by atoms with Crippen molar-refractivity contribution < 1.29 is 13.9 Å². The minimum atomic E-state index is -0.424. The maximum atomic E-state index is 14.1. The lowest BCUT2D eigenvalue weighted by Crippen LogP contribution is -2.23. The fourth-order valence-corrected chi connectivity index (χ4v) is 4.05. The summed E-state index contributed by atoms with van der Waals surface area (Å²) in [4.78, 5) is 8.18. The van der Waals surface area contributed by atoms with E-state index in [0.29, 0.717) is 30.0 Å². The molecule has 4 aromatic rings. The number of methoxy groups -OCH3 is 1. The molecule has 0 fully saturated rings. The van der Waals surface area contributed by atoms with E-state index >= 15 is 0 Å².